The quantitative estimate of drug-likeness (QED) is 0.874. The summed E-state index contributed by atoms with van der Waals surface area (Å²) >= 11 is 4.28. The molecule has 3 nitrogen and oxygen atoms in total. The zero-order valence-electron chi connectivity index (χ0n) is 12.1. The highest BCUT2D eigenvalue weighted by Gasteiger charge is 2.33. The van der Waals surface area contributed by atoms with Gasteiger partial charge in [-0.2, -0.15) is 28.6 Å². The average molecular weight is 300 g/mol. The van der Waals surface area contributed by atoms with E-state index in [9.17, 15) is 0 Å². The van der Waals surface area contributed by atoms with Crippen LogP contribution in [-0.4, -0.2) is 38.3 Å². The Balaban J connectivity index is 2.17. The van der Waals surface area contributed by atoms with E-state index >= 15 is 0 Å². The molecule has 5 heteroatoms. The molecule has 2 rings (SSSR count). The fraction of sp³-hybridized carbons (Fsp3) is 0.786. The molecule has 0 saturated carbocycles. The summed E-state index contributed by atoms with van der Waals surface area (Å²) in [4.78, 5) is 0. The van der Waals surface area contributed by atoms with Gasteiger partial charge < -0.3 is 5.32 Å². The van der Waals surface area contributed by atoms with Crippen LogP contribution in [0.3, 0.4) is 0 Å². The predicted molar refractivity (Wildman–Crippen MR) is 87.1 cm³/mol. The van der Waals surface area contributed by atoms with Gasteiger partial charge in [-0.3, -0.25) is 4.68 Å². The molecule has 1 saturated heterocycles. The summed E-state index contributed by atoms with van der Waals surface area (Å²) in [5.41, 5.74) is 1.35. The fourth-order valence-electron chi connectivity index (χ4n) is 2.60. The van der Waals surface area contributed by atoms with Crippen LogP contribution in [0.25, 0.3) is 0 Å². The molecule has 1 aliphatic rings. The van der Waals surface area contributed by atoms with Crippen LogP contribution in [0.2, 0.25) is 0 Å². The molecular weight excluding hydrogens is 274 g/mol. The summed E-state index contributed by atoms with van der Waals surface area (Å²) in [7, 11) is 0. The summed E-state index contributed by atoms with van der Waals surface area (Å²) < 4.78 is 2.03. The fourth-order valence-corrected chi connectivity index (χ4v) is 5.86. The first kappa shape index (κ1) is 15.3. The number of hydrogen-bond acceptors (Lipinski definition) is 4. The van der Waals surface area contributed by atoms with Gasteiger partial charge in [-0.1, -0.05) is 13.8 Å². The third-order valence-corrected chi connectivity index (χ3v) is 6.93. The zero-order valence-corrected chi connectivity index (χ0v) is 13.8. The summed E-state index contributed by atoms with van der Waals surface area (Å²) in [6, 6.07) is 0.438. The van der Waals surface area contributed by atoms with Crippen molar-refractivity contribution in [1.29, 1.82) is 0 Å². The standard InChI is InChI=1S/C14H25N3S2/c1-4-12-14(19-8-7-18-12)13(15-5-2)11-9-16-17(6-3)10-11/h9-10,12-15H,4-8H2,1-3H3. The number of nitrogens with one attached hydrogen (secondary N) is 1. The summed E-state index contributed by atoms with van der Waals surface area (Å²) in [5.74, 6) is 2.57. The Bertz CT molecular complexity index is 381. The number of aryl methyl sites for hydroxylation is 1. The minimum absolute atomic E-state index is 0.438. The van der Waals surface area contributed by atoms with Crippen molar-refractivity contribution in [2.75, 3.05) is 18.1 Å². The normalized spacial score (nSPS) is 25.4. The molecule has 1 aromatic rings. The van der Waals surface area contributed by atoms with Crippen LogP contribution in [0.4, 0.5) is 0 Å². The Labute approximate surface area is 125 Å². The van der Waals surface area contributed by atoms with Gasteiger partial charge in [0.1, 0.15) is 0 Å². The van der Waals surface area contributed by atoms with Crippen LogP contribution in [0.15, 0.2) is 12.4 Å². The van der Waals surface area contributed by atoms with E-state index in [0.717, 1.165) is 18.3 Å². The van der Waals surface area contributed by atoms with Crippen LogP contribution in [0, 0.1) is 0 Å². The molecule has 0 bridgehead atoms. The van der Waals surface area contributed by atoms with Crippen molar-refractivity contribution < 1.29 is 0 Å². The molecule has 1 aromatic heterocycles. The van der Waals surface area contributed by atoms with Crippen molar-refractivity contribution >= 4 is 23.5 Å². The van der Waals surface area contributed by atoms with Crippen molar-refractivity contribution in [3.63, 3.8) is 0 Å². The third kappa shape index (κ3) is 3.70. The summed E-state index contributed by atoms with van der Waals surface area (Å²) in [5, 5.41) is 9.55. The maximum atomic E-state index is 4.44. The second kappa shape index (κ2) is 7.60. The van der Waals surface area contributed by atoms with Crippen molar-refractivity contribution in [1.82, 2.24) is 15.1 Å². The lowest BCUT2D eigenvalue weighted by atomic mass is 10.0. The molecule has 0 aromatic carbocycles. The first-order valence-electron chi connectivity index (χ1n) is 7.29. The number of rotatable bonds is 6. The topological polar surface area (TPSA) is 29.9 Å². The van der Waals surface area contributed by atoms with E-state index in [-0.39, 0.29) is 0 Å². The highest BCUT2D eigenvalue weighted by Crippen LogP contribution is 2.40. The maximum absolute atomic E-state index is 4.44. The molecule has 0 spiro atoms. The van der Waals surface area contributed by atoms with Gasteiger partial charge in [-0.25, -0.2) is 0 Å². The Hall–Kier alpha value is -0.130. The summed E-state index contributed by atoms with van der Waals surface area (Å²) in [6.45, 7) is 8.61. The van der Waals surface area contributed by atoms with Gasteiger partial charge in [0.05, 0.1) is 6.20 Å². The summed E-state index contributed by atoms with van der Waals surface area (Å²) in [6.07, 6.45) is 5.51. The Morgan fingerprint density at radius 3 is 2.79 bits per heavy atom. The first-order valence-corrected chi connectivity index (χ1v) is 9.38. The van der Waals surface area contributed by atoms with Crippen LogP contribution >= 0.6 is 23.5 Å². The van der Waals surface area contributed by atoms with Crippen LogP contribution in [0.1, 0.15) is 38.8 Å². The van der Waals surface area contributed by atoms with E-state index in [0.29, 0.717) is 11.3 Å². The maximum Gasteiger partial charge on any atom is 0.0538 e. The minimum Gasteiger partial charge on any atom is -0.309 e. The van der Waals surface area contributed by atoms with Crippen molar-refractivity contribution in [2.24, 2.45) is 0 Å². The lowest BCUT2D eigenvalue weighted by molar-refractivity contribution is 0.512. The van der Waals surface area contributed by atoms with Crippen molar-refractivity contribution in [3.05, 3.63) is 18.0 Å². The Morgan fingerprint density at radius 2 is 2.16 bits per heavy atom. The van der Waals surface area contributed by atoms with Gasteiger partial charge >= 0.3 is 0 Å². The zero-order chi connectivity index (χ0) is 13.7. The van der Waals surface area contributed by atoms with E-state index in [2.05, 4.69) is 60.9 Å². The van der Waals surface area contributed by atoms with Gasteiger partial charge in [0, 0.05) is 46.4 Å². The molecule has 1 N–H and O–H groups in total. The van der Waals surface area contributed by atoms with Gasteiger partial charge in [0.2, 0.25) is 0 Å². The molecule has 0 aliphatic carbocycles. The SMILES string of the molecule is CCNC(c1cnn(CC)c1)C1SCCSC1CC. The number of nitrogens with zero attached hydrogens (tertiary/aromatic N) is 2. The molecule has 19 heavy (non-hydrogen) atoms. The van der Waals surface area contributed by atoms with Crippen LogP contribution < -0.4 is 5.32 Å². The molecule has 2 heterocycles. The molecule has 3 unspecified atom stereocenters. The molecule has 3 atom stereocenters. The van der Waals surface area contributed by atoms with Crippen molar-refractivity contribution in [2.45, 2.75) is 50.3 Å². The van der Waals surface area contributed by atoms with E-state index in [1.807, 2.05) is 10.9 Å². The number of hydrogen-bond donors (Lipinski definition) is 1. The highest BCUT2D eigenvalue weighted by atomic mass is 32.2. The highest BCUT2D eigenvalue weighted by molar-refractivity contribution is 8.07. The van der Waals surface area contributed by atoms with E-state index in [1.165, 1.54) is 23.5 Å². The Morgan fingerprint density at radius 1 is 1.37 bits per heavy atom. The van der Waals surface area contributed by atoms with E-state index < -0.39 is 0 Å². The first-order chi connectivity index (χ1) is 9.30. The van der Waals surface area contributed by atoms with Gasteiger partial charge in [-0.15, -0.1) is 0 Å². The average Bonchev–Trinajstić information content (AvgIpc) is 2.93. The van der Waals surface area contributed by atoms with Crippen LogP contribution in [0.5, 0.6) is 0 Å². The number of thioether (sulfide) groups is 2. The van der Waals surface area contributed by atoms with E-state index in [1.54, 1.807) is 0 Å². The second-order valence-electron chi connectivity index (χ2n) is 4.82. The van der Waals surface area contributed by atoms with Gasteiger partial charge in [0.25, 0.3) is 0 Å². The second-order valence-corrected chi connectivity index (χ2v) is 7.45. The van der Waals surface area contributed by atoms with Gasteiger partial charge in [-0.05, 0) is 19.9 Å². The minimum atomic E-state index is 0.438. The van der Waals surface area contributed by atoms with E-state index in [4.69, 9.17) is 0 Å². The van der Waals surface area contributed by atoms with Crippen molar-refractivity contribution in [3.8, 4) is 0 Å². The molecule has 1 aliphatic heterocycles. The molecular formula is C14H25N3S2. The largest absolute Gasteiger partial charge is 0.309 e. The molecule has 0 radical (unpaired) electrons. The smallest absolute Gasteiger partial charge is 0.0538 e. The molecule has 1 fully saturated rings. The molecule has 0 amide bonds. The third-order valence-electron chi connectivity index (χ3n) is 3.58. The molecule has 108 valence electrons. The monoisotopic (exact) mass is 299 g/mol. The van der Waals surface area contributed by atoms with Gasteiger partial charge in [0.15, 0.2) is 0 Å². The predicted octanol–water partition coefficient (Wildman–Crippen LogP) is 3.18. The number of aromatic nitrogens is 2. The van der Waals surface area contributed by atoms with Crippen LogP contribution in [-0.2, 0) is 6.54 Å². The Kier molecular flexibility index (Phi) is 6.10. The lowest BCUT2D eigenvalue weighted by Gasteiger charge is -2.36. The lowest BCUT2D eigenvalue weighted by Crippen LogP contribution is -2.38.